The summed E-state index contributed by atoms with van der Waals surface area (Å²) in [4.78, 5) is 23.9. The monoisotopic (exact) mass is 526 g/mol. The van der Waals surface area contributed by atoms with Gasteiger partial charge in [0.2, 0.25) is 0 Å². The molecule has 0 fully saturated rings. The van der Waals surface area contributed by atoms with Crippen LogP contribution in [0.15, 0.2) is 40.4 Å². The number of carbonyl (C=O) groups excluding carboxylic acids is 2. The Hall–Kier alpha value is -2.73. The minimum atomic E-state index is -0.628. The van der Waals surface area contributed by atoms with Gasteiger partial charge < -0.3 is 19.5 Å². The first-order valence-electron chi connectivity index (χ1n) is 8.83. The molecule has 0 aliphatic heterocycles. The molecule has 0 spiro atoms. The average molecular weight is 528 g/mol. The summed E-state index contributed by atoms with van der Waals surface area (Å²) in [6.45, 7) is 1.82. The second kappa shape index (κ2) is 11.6. The van der Waals surface area contributed by atoms with E-state index in [2.05, 4.69) is 26.0 Å². The van der Waals surface area contributed by atoms with Gasteiger partial charge in [-0.1, -0.05) is 39.1 Å². The Balaban J connectivity index is 2.32. The summed E-state index contributed by atoms with van der Waals surface area (Å²) in [5.41, 5.74) is 0.730. The third-order valence-corrected chi connectivity index (χ3v) is 5.20. The van der Waals surface area contributed by atoms with Crippen LogP contribution < -0.4 is 14.8 Å². The highest BCUT2D eigenvalue weighted by atomic mass is 79.9. The van der Waals surface area contributed by atoms with Crippen LogP contribution in [-0.4, -0.2) is 32.2 Å². The van der Waals surface area contributed by atoms with Crippen LogP contribution in [0, 0.1) is 11.3 Å². The number of halogens is 3. The summed E-state index contributed by atoms with van der Waals surface area (Å²) in [5, 5.41) is 12.7. The Labute approximate surface area is 197 Å². The lowest BCUT2D eigenvalue weighted by Gasteiger charge is -2.13. The number of amides is 1. The van der Waals surface area contributed by atoms with Crippen molar-refractivity contribution in [1.29, 1.82) is 5.26 Å². The van der Waals surface area contributed by atoms with E-state index >= 15 is 0 Å². The third kappa shape index (κ3) is 6.89. The topological polar surface area (TPSA) is 97.6 Å². The number of nitriles is 1. The molecule has 0 atom stereocenters. The molecule has 31 heavy (non-hydrogen) atoms. The summed E-state index contributed by atoms with van der Waals surface area (Å²) in [7, 11) is 1.26. The fourth-order valence-corrected chi connectivity index (χ4v) is 3.05. The zero-order valence-corrected chi connectivity index (χ0v) is 19.6. The van der Waals surface area contributed by atoms with Crippen molar-refractivity contribution in [3.63, 3.8) is 0 Å². The number of esters is 1. The largest absolute Gasteiger partial charge is 0.490 e. The van der Waals surface area contributed by atoms with Gasteiger partial charge in [0.1, 0.15) is 11.6 Å². The Kier molecular flexibility index (Phi) is 9.19. The molecule has 0 saturated carbocycles. The van der Waals surface area contributed by atoms with Gasteiger partial charge in [0, 0.05) is 10.2 Å². The van der Waals surface area contributed by atoms with Crippen molar-refractivity contribution in [3.05, 3.63) is 56.0 Å². The number of nitrogens with one attached hydrogen (secondary N) is 1. The fourth-order valence-electron chi connectivity index (χ4n) is 2.31. The van der Waals surface area contributed by atoms with E-state index in [0.717, 1.165) is 0 Å². The van der Waals surface area contributed by atoms with Gasteiger partial charge in [0.15, 0.2) is 18.1 Å². The van der Waals surface area contributed by atoms with Crippen molar-refractivity contribution in [1.82, 2.24) is 0 Å². The molecule has 0 bridgehead atoms. The summed E-state index contributed by atoms with van der Waals surface area (Å²) in [6.07, 6.45) is 1.39. The minimum absolute atomic E-state index is 0.155. The Morgan fingerprint density at radius 2 is 1.87 bits per heavy atom. The number of rotatable bonds is 8. The number of benzene rings is 2. The molecule has 2 rings (SSSR count). The molecule has 1 N–H and O–H groups in total. The van der Waals surface area contributed by atoms with Crippen molar-refractivity contribution < 1.29 is 23.8 Å². The van der Waals surface area contributed by atoms with E-state index in [0.29, 0.717) is 38.9 Å². The van der Waals surface area contributed by atoms with Crippen LogP contribution >= 0.6 is 39.1 Å². The van der Waals surface area contributed by atoms with Crippen LogP contribution in [-0.2, 0) is 14.3 Å². The predicted molar refractivity (Wildman–Crippen MR) is 122 cm³/mol. The van der Waals surface area contributed by atoms with Gasteiger partial charge in [-0.15, -0.1) is 0 Å². The Bertz CT molecular complexity index is 1070. The SMILES string of the molecule is CCOc1cc(/C=C(\C#N)C(=O)Nc2ccc(Cl)c(Cl)c2)c(Br)cc1OCC(=O)OC. The molecule has 10 heteroatoms. The van der Waals surface area contributed by atoms with Crippen molar-refractivity contribution in [2.75, 3.05) is 25.6 Å². The molecule has 0 heterocycles. The van der Waals surface area contributed by atoms with E-state index in [-0.39, 0.29) is 17.2 Å². The van der Waals surface area contributed by atoms with E-state index in [1.165, 1.54) is 25.3 Å². The predicted octanol–water partition coefficient (Wildman–Crippen LogP) is 5.25. The zero-order valence-electron chi connectivity index (χ0n) is 16.5. The van der Waals surface area contributed by atoms with Crippen molar-refractivity contribution in [2.24, 2.45) is 0 Å². The third-order valence-electron chi connectivity index (χ3n) is 3.78. The molecule has 0 aliphatic carbocycles. The van der Waals surface area contributed by atoms with Gasteiger partial charge >= 0.3 is 5.97 Å². The molecular weight excluding hydrogens is 511 g/mol. The normalized spacial score (nSPS) is 10.8. The van der Waals surface area contributed by atoms with Crippen LogP contribution in [0.4, 0.5) is 5.69 Å². The van der Waals surface area contributed by atoms with E-state index in [4.69, 9.17) is 32.7 Å². The molecule has 0 aromatic heterocycles. The molecule has 0 unspecified atom stereocenters. The van der Waals surface area contributed by atoms with Crippen molar-refractivity contribution in [3.8, 4) is 17.6 Å². The highest BCUT2D eigenvalue weighted by Crippen LogP contribution is 2.35. The lowest BCUT2D eigenvalue weighted by molar-refractivity contribution is -0.142. The van der Waals surface area contributed by atoms with Crippen LogP contribution in [0.25, 0.3) is 6.08 Å². The summed E-state index contributed by atoms with van der Waals surface area (Å²) in [5.74, 6) is -0.539. The maximum Gasteiger partial charge on any atom is 0.343 e. The zero-order chi connectivity index (χ0) is 23.0. The number of hydrogen-bond acceptors (Lipinski definition) is 6. The smallest absolute Gasteiger partial charge is 0.343 e. The van der Waals surface area contributed by atoms with E-state index in [1.54, 1.807) is 25.1 Å². The molecule has 1 amide bonds. The fraction of sp³-hybridized carbons (Fsp3) is 0.190. The minimum Gasteiger partial charge on any atom is -0.490 e. The number of methoxy groups -OCH3 is 1. The molecule has 0 radical (unpaired) electrons. The number of nitrogens with zero attached hydrogens (tertiary/aromatic N) is 1. The van der Waals surface area contributed by atoms with Crippen LogP contribution in [0.1, 0.15) is 12.5 Å². The van der Waals surface area contributed by atoms with Crippen LogP contribution in [0.3, 0.4) is 0 Å². The molecule has 7 nitrogen and oxygen atoms in total. The summed E-state index contributed by atoms with van der Waals surface area (Å²) in [6, 6.07) is 9.62. The van der Waals surface area contributed by atoms with Crippen molar-refractivity contribution >= 4 is 62.8 Å². The highest BCUT2D eigenvalue weighted by molar-refractivity contribution is 9.10. The Morgan fingerprint density at radius 3 is 2.48 bits per heavy atom. The lowest BCUT2D eigenvalue weighted by atomic mass is 10.1. The Morgan fingerprint density at radius 1 is 1.16 bits per heavy atom. The van der Waals surface area contributed by atoms with Crippen molar-refractivity contribution in [2.45, 2.75) is 6.92 Å². The first kappa shape index (κ1) is 24.5. The van der Waals surface area contributed by atoms with Gasteiger partial charge in [-0.25, -0.2) is 4.79 Å². The maximum atomic E-state index is 12.5. The highest BCUT2D eigenvalue weighted by Gasteiger charge is 2.15. The number of anilines is 1. The second-order valence-corrected chi connectivity index (χ2v) is 7.54. The van der Waals surface area contributed by atoms with E-state index in [1.807, 2.05) is 6.07 Å². The molecule has 0 saturated heterocycles. The van der Waals surface area contributed by atoms with E-state index < -0.39 is 11.9 Å². The van der Waals surface area contributed by atoms with Gasteiger partial charge in [-0.3, -0.25) is 4.79 Å². The first-order valence-corrected chi connectivity index (χ1v) is 10.4. The van der Waals surface area contributed by atoms with Gasteiger partial charge in [-0.2, -0.15) is 5.26 Å². The number of carbonyl (C=O) groups is 2. The second-order valence-electron chi connectivity index (χ2n) is 5.87. The molecule has 162 valence electrons. The lowest BCUT2D eigenvalue weighted by Crippen LogP contribution is -2.14. The summed E-state index contributed by atoms with van der Waals surface area (Å²) < 4.78 is 16.1. The molecule has 2 aromatic carbocycles. The molecule has 2 aromatic rings. The van der Waals surface area contributed by atoms with Crippen LogP contribution in [0.5, 0.6) is 11.5 Å². The van der Waals surface area contributed by atoms with Gasteiger partial charge in [-0.05, 0) is 48.9 Å². The average Bonchev–Trinajstić information content (AvgIpc) is 2.74. The first-order chi connectivity index (χ1) is 14.8. The van der Waals surface area contributed by atoms with Gasteiger partial charge in [0.05, 0.1) is 23.8 Å². The molecular formula is C21H17BrCl2N2O5. The standard InChI is InChI=1S/C21H17BrCl2N2O5/c1-3-30-18-7-12(15(22)9-19(18)31-11-20(27)29-2)6-13(10-25)21(28)26-14-4-5-16(23)17(24)8-14/h4-9H,3,11H2,1-2H3,(H,26,28)/b13-6+. The van der Waals surface area contributed by atoms with Crippen LogP contribution in [0.2, 0.25) is 10.0 Å². The quantitative estimate of drug-likeness (QED) is 0.286. The maximum absolute atomic E-state index is 12.5. The summed E-state index contributed by atoms with van der Waals surface area (Å²) >= 11 is 15.2. The van der Waals surface area contributed by atoms with Gasteiger partial charge in [0.25, 0.3) is 5.91 Å². The number of hydrogen-bond donors (Lipinski definition) is 1. The molecule has 0 aliphatic rings. The number of ether oxygens (including phenoxy) is 3. The van der Waals surface area contributed by atoms with E-state index in [9.17, 15) is 14.9 Å².